The van der Waals surface area contributed by atoms with Gasteiger partial charge in [0.15, 0.2) is 0 Å². The lowest BCUT2D eigenvalue weighted by Crippen LogP contribution is -2.28. The lowest BCUT2D eigenvalue weighted by atomic mass is 9.98. The zero-order chi connectivity index (χ0) is 15.1. The number of anilines is 1. The van der Waals surface area contributed by atoms with Crippen molar-refractivity contribution in [3.05, 3.63) is 29.6 Å². The third-order valence-corrected chi connectivity index (χ3v) is 3.70. The van der Waals surface area contributed by atoms with E-state index in [0.717, 1.165) is 12.8 Å². The lowest BCUT2D eigenvalue weighted by Gasteiger charge is -2.23. The molecule has 1 aromatic carbocycles. The molecular formula is C16H21FN2O2. The Labute approximate surface area is 124 Å². The number of benzene rings is 1. The van der Waals surface area contributed by atoms with E-state index >= 15 is 0 Å². The number of nitrogens with zero attached hydrogens (tertiary/aromatic N) is 1. The van der Waals surface area contributed by atoms with E-state index in [1.165, 1.54) is 37.5 Å². The average Bonchev–Trinajstić information content (AvgIpc) is 2.52. The standard InChI is InChI=1S/C16H21FN2O2/c17-15-8-12(9-18)6-7-16(15)19-10-13(20)11-21-14-4-2-1-3-5-14/h6-8,13-14,19-20H,1-5,10-11H2. The molecule has 0 aliphatic heterocycles. The number of nitrogens with one attached hydrogen (secondary N) is 1. The summed E-state index contributed by atoms with van der Waals surface area (Å²) in [5, 5.41) is 21.4. The van der Waals surface area contributed by atoms with Gasteiger partial charge in [0.1, 0.15) is 5.82 Å². The normalized spacial score (nSPS) is 17.2. The van der Waals surface area contributed by atoms with E-state index in [9.17, 15) is 9.50 Å². The first-order valence-electron chi connectivity index (χ1n) is 7.42. The van der Waals surface area contributed by atoms with Crippen LogP contribution in [0.1, 0.15) is 37.7 Å². The topological polar surface area (TPSA) is 65.3 Å². The predicted molar refractivity (Wildman–Crippen MR) is 78.4 cm³/mol. The van der Waals surface area contributed by atoms with Crippen LogP contribution in [-0.2, 0) is 4.74 Å². The number of hydrogen-bond donors (Lipinski definition) is 2. The van der Waals surface area contributed by atoms with E-state index in [1.54, 1.807) is 0 Å². The van der Waals surface area contributed by atoms with Gasteiger partial charge in [-0.3, -0.25) is 0 Å². The Morgan fingerprint density at radius 1 is 1.38 bits per heavy atom. The maximum absolute atomic E-state index is 13.6. The van der Waals surface area contributed by atoms with Gasteiger partial charge in [-0.15, -0.1) is 0 Å². The molecule has 5 heteroatoms. The molecule has 2 rings (SSSR count). The smallest absolute Gasteiger partial charge is 0.147 e. The first-order chi connectivity index (χ1) is 10.2. The van der Waals surface area contributed by atoms with Gasteiger partial charge in [0.05, 0.1) is 36.1 Å². The zero-order valence-electron chi connectivity index (χ0n) is 12.0. The SMILES string of the molecule is N#Cc1ccc(NCC(O)COC2CCCCC2)c(F)c1. The molecule has 1 atom stereocenters. The Morgan fingerprint density at radius 3 is 2.81 bits per heavy atom. The second kappa shape index (κ2) is 7.96. The molecule has 0 radical (unpaired) electrons. The first kappa shape index (κ1) is 15.7. The predicted octanol–water partition coefficient (Wildman–Crippen LogP) is 2.82. The minimum absolute atomic E-state index is 0.218. The van der Waals surface area contributed by atoms with Gasteiger partial charge in [-0.1, -0.05) is 19.3 Å². The van der Waals surface area contributed by atoms with Crippen molar-refractivity contribution in [2.45, 2.75) is 44.3 Å². The van der Waals surface area contributed by atoms with Crippen molar-refractivity contribution in [1.82, 2.24) is 0 Å². The molecule has 1 aliphatic rings. The summed E-state index contributed by atoms with van der Waals surface area (Å²) in [7, 11) is 0. The van der Waals surface area contributed by atoms with E-state index < -0.39 is 11.9 Å². The fourth-order valence-corrected chi connectivity index (χ4v) is 2.49. The van der Waals surface area contributed by atoms with Crippen molar-refractivity contribution >= 4 is 5.69 Å². The molecule has 1 saturated carbocycles. The summed E-state index contributed by atoms with van der Waals surface area (Å²) < 4.78 is 19.3. The molecule has 0 heterocycles. The quantitative estimate of drug-likeness (QED) is 0.846. The van der Waals surface area contributed by atoms with Gasteiger partial charge in [-0.2, -0.15) is 5.26 Å². The highest BCUT2D eigenvalue weighted by atomic mass is 19.1. The highest BCUT2D eigenvalue weighted by molar-refractivity contribution is 5.48. The molecule has 0 bridgehead atoms. The van der Waals surface area contributed by atoms with Crippen molar-refractivity contribution < 1.29 is 14.2 Å². The molecular weight excluding hydrogens is 271 g/mol. The molecule has 1 unspecified atom stereocenters. The number of nitriles is 1. The summed E-state index contributed by atoms with van der Waals surface area (Å²) in [5.74, 6) is -0.491. The Bertz CT molecular complexity index is 496. The molecule has 1 aromatic rings. The molecule has 0 spiro atoms. The number of aliphatic hydroxyl groups excluding tert-OH is 1. The van der Waals surface area contributed by atoms with Crippen LogP contribution >= 0.6 is 0 Å². The molecule has 21 heavy (non-hydrogen) atoms. The molecule has 4 nitrogen and oxygen atoms in total. The van der Waals surface area contributed by atoms with Gasteiger partial charge in [0.25, 0.3) is 0 Å². The number of rotatable bonds is 6. The Kier molecular flexibility index (Phi) is 5.97. The van der Waals surface area contributed by atoms with Crippen LogP contribution in [0.2, 0.25) is 0 Å². The van der Waals surface area contributed by atoms with Crippen molar-refractivity contribution in [2.75, 3.05) is 18.5 Å². The Balaban J connectivity index is 1.73. The monoisotopic (exact) mass is 292 g/mol. The molecule has 1 aliphatic carbocycles. The lowest BCUT2D eigenvalue weighted by molar-refractivity contribution is -0.0195. The highest BCUT2D eigenvalue weighted by Crippen LogP contribution is 2.20. The van der Waals surface area contributed by atoms with Crippen LogP contribution in [0, 0.1) is 17.1 Å². The molecule has 2 N–H and O–H groups in total. The van der Waals surface area contributed by atoms with Crippen LogP contribution in [0.25, 0.3) is 0 Å². The van der Waals surface area contributed by atoms with Gasteiger partial charge >= 0.3 is 0 Å². The first-order valence-corrected chi connectivity index (χ1v) is 7.42. The average molecular weight is 292 g/mol. The fraction of sp³-hybridized carbons (Fsp3) is 0.562. The largest absolute Gasteiger partial charge is 0.389 e. The van der Waals surface area contributed by atoms with Gasteiger partial charge in [-0.05, 0) is 31.0 Å². The van der Waals surface area contributed by atoms with Crippen LogP contribution in [0.5, 0.6) is 0 Å². The van der Waals surface area contributed by atoms with Crippen molar-refractivity contribution in [2.24, 2.45) is 0 Å². The van der Waals surface area contributed by atoms with E-state index in [4.69, 9.17) is 10.00 Å². The molecule has 0 aromatic heterocycles. The summed E-state index contributed by atoms with van der Waals surface area (Å²) in [4.78, 5) is 0. The molecule has 0 saturated heterocycles. The fourth-order valence-electron chi connectivity index (χ4n) is 2.49. The van der Waals surface area contributed by atoms with E-state index in [1.807, 2.05) is 6.07 Å². The van der Waals surface area contributed by atoms with Crippen molar-refractivity contribution in [3.63, 3.8) is 0 Å². The van der Waals surface area contributed by atoms with Gasteiger partial charge in [0.2, 0.25) is 0 Å². The van der Waals surface area contributed by atoms with E-state index in [2.05, 4.69) is 5.32 Å². The summed E-state index contributed by atoms with van der Waals surface area (Å²) in [5.41, 5.74) is 0.560. The number of hydrogen-bond acceptors (Lipinski definition) is 4. The summed E-state index contributed by atoms with van der Waals surface area (Å²) >= 11 is 0. The Morgan fingerprint density at radius 2 is 2.14 bits per heavy atom. The van der Waals surface area contributed by atoms with Crippen LogP contribution in [0.4, 0.5) is 10.1 Å². The van der Waals surface area contributed by atoms with Gasteiger partial charge in [0, 0.05) is 6.54 Å². The second-order valence-electron chi connectivity index (χ2n) is 5.43. The molecule has 1 fully saturated rings. The maximum Gasteiger partial charge on any atom is 0.147 e. The number of halogens is 1. The van der Waals surface area contributed by atoms with Crippen LogP contribution in [0.15, 0.2) is 18.2 Å². The summed E-state index contributed by atoms with van der Waals surface area (Å²) in [6.07, 6.45) is 5.34. The molecule has 114 valence electrons. The summed E-state index contributed by atoms with van der Waals surface area (Å²) in [6, 6.07) is 6.09. The maximum atomic E-state index is 13.6. The number of aliphatic hydroxyl groups is 1. The third kappa shape index (κ3) is 5.00. The van der Waals surface area contributed by atoms with Gasteiger partial charge in [-0.25, -0.2) is 4.39 Å². The number of ether oxygens (including phenoxy) is 1. The minimum atomic E-state index is -0.679. The second-order valence-corrected chi connectivity index (χ2v) is 5.43. The Hall–Kier alpha value is -1.64. The van der Waals surface area contributed by atoms with E-state index in [0.29, 0.717) is 0 Å². The summed E-state index contributed by atoms with van der Waals surface area (Å²) in [6.45, 7) is 0.477. The van der Waals surface area contributed by atoms with Crippen molar-refractivity contribution in [1.29, 1.82) is 5.26 Å². The van der Waals surface area contributed by atoms with Gasteiger partial charge < -0.3 is 15.2 Å². The minimum Gasteiger partial charge on any atom is -0.389 e. The zero-order valence-corrected chi connectivity index (χ0v) is 12.0. The van der Waals surface area contributed by atoms with Crippen LogP contribution in [-0.4, -0.2) is 30.5 Å². The highest BCUT2D eigenvalue weighted by Gasteiger charge is 2.15. The third-order valence-electron chi connectivity index (χ3n) is 3.70. The van der Waals surface area contributed by atoms with Crippen LogP contribution in [0.3, 0.4) is 0 Å². The van der Waals surface area contributed by atoms with Crippen molar-refractivity contribution in [3.8, 4) is 6.07 Å². The molecule has 0 amide bonds. The van der Waals surface area contributed by atoms with Crippen LogP contribution < -0.4 is 5.32 Å². The van der Waals surface area contributed by atoms with E-state index in [-0.39, 0.29) is 30.5 Å².